The van der Waals surface area contributed by atoms with E-state index in [9.17, 15) is 24.3 Å². The summed E-state index contributed by atoms with van der Waals surface area (Å²) in [6.45, 7) is 0. The Kier molecular flexibility index (Phi) is 5.21. The monoisotopic (exact) mass is 594 g/mol. The van der Waals surface area contributed by atoms with Crippen LogP contribution >= 0.6 is 39.1 Å². The molecule has 6 rings (SSSR count). The second-order valence-electron chi connectivity index (χ2n) is 10.0. The molecule has 0 aromatic heterocycles. The molecule has 2 saturated heterocycles. The quantitative estimate of drug-likeness (QED) is 0.244. The van der Waals surface area contributed by atoms with E-state index >= 15 is 0 Å². The summed E-state index contributed by atoms with van der Waals surface area (Å²) in [5.41, 5.74) is 1.92. The molecule has 1 aromatic carbocycles. The highest BCUT2D eigenvalue weighted by Crippen LogP contribution is 2.64. The molecule has 6 unspecified atom stereocenters. The van der Waals surface area contributed by atoms with Gasteiger partial charge in [0.25, 0.3) is 11.8 Å². The number of halogens is 3. The highest BCUT2D eigenvalue weighted by Gasteiger charge is 2.76. The average Bonchev–Trinajstić information content (AvgIpc) is 3.16. The number of likely N-dealkylation sites (tertiary alicyclic amines) is 2. The summed E-state index contributed by atoms with van der Waals surface area (Å²) in [5, 5.41) is 10.0. The van der Waals surface area contributed by atoms with Crippen molar-refractivity contribution in [2.75, 3.05) is 12.5 Å². The second-order valence-corrected chi connectivity index (χ2v) is 11.7. The Balaban J connectivity index is 1.54. The lowest BCUT2D eigenvalue weighted by Crippen LogP contribution is -2.61. The number of hydrogen-bond acceptors (Lipinski definition) is 6. The van der Waals surface area contributed by atoms with Crippen molar-refractivity contribution in [2.45, 2.75) is 29.0 Å². The molecule has 11 heteroatoms. The fraction of sp³-hybridized carbons (Fsp3) is 0.440. The lowest BCUT2D eigenvalue weighted by Gasteiger charge is -2.51. The number of aromatic hydroxyl groups is 1. The Bertz CT molecular complexity index is 1330. The van der Waals surface area contributed by atoms with Crippen molar-refractivity contribution < 1.29 is 29.0 Å². The number of carbonyl (C=O) groups excluding carboxylic acids is 4. The van der Waals surface area contributed by atoms with Gasteiger partial charge >= 0.3 is 0 Å². The molecule has 0 bridgehead atoms. The highest BCUT2D eigenvalue weighted by atomic mass is 79.9. The van der Waals surface area contributed by atoms with E-state index in [1.165, 1.54) is 19.4 Å². The summed E-state index contributed by atoms with van der Waals surface area (Å²) in [6, 6.07) is 4.73. The third-order valence-corrected chi connectivity index (χ3v) is 10.3. The number of allylic oxidation sites excluding steroid dienone is 3. The number of amides is 4. The fourth-order valence-corrected chi connectivity index (χ4v) is 8.16. The Morgan fingerprint density at radius 3 is 2.61 bits per heavy atom. The molecule has 1 saturated carbocycles. The zero-order valence-electron chi connectivity index (χ0n) is 19.0. The summed E-state index contributed by atoms with van der Waals surface area (Å²) in [5.74, 6) is -3.88. The Morgan fingerprint density at radius 1 is 1.14 bits per heavy atom. The van der Waals surface area contributed by atoms with Crippen molar-refractivity contribution in [3.05, 3.63) is 47.2 Å². The van der Waals surface area contributed by atoms with Gasteiger partial charge in [0.15, 0.2) is 9.75 Å². The van der Waals surface area contributed by atoms with Crippen molar-refractivity contribution in [3.63, 3.8) is 0 Å². The SMILES string of the molecule is CN1C(=O)C2CC=C3C(CC4(Cl)C(=O)N(CBr)C(=O)C4(Cl)C3C3=COc4ccc(O)cc4C3)C2C1=O. The van der Waals surface area contributed by atoms with Gasteiger partial charge < -0.3 is 9.84 Å². The van der Waals surface area contributed by atoms with Crippen LogP contribution in [0.2, 0.25) is 0 Å². The molecule has 0 spiro atoms. The Hall–Kier alpha value is -2.36. The first-order chi connectivity index (χ1) is 17.0. The normalized spacial score (nSPS) is 37.1. The van der Waals surface area contributed by atoms with E-state index in [0.717, 1.165) is 15.4 Å². The standard InChI is InChI=1S/C25H21BrCl2N2O6/c1-29-20(32)15-4-3-14-16(18(15)21(29)33)8-24(27)22(34)30(10-26)23(35)25(24,28)19(14)12-6-11-7-13(31)2-5-17(11)36-9-12/h2-3,5,7,9,15-16,18-19,31H,4,6,8,10H2,1H3. The maximum Gasteiger partial charge on any atom is 0.254 e. The van der Waals surface area contributed by atoms with Gasteiger partial charge in [-0.2, -0.15) is 0 Å². The number of phenolic OH excluding ortho intramolecular Hbond substituents is 1. The molecule has 3 heterocycles. The van der Waals surface area contributed by atoms with Crippen molar-refractivity contribution in [1.29, 1.82) is 0 Å². The number of alkyl halides is 3. The molecule has 1 aromatic rings. The van der Waals surface area contributed by atoms with Crippen LogP contribution in [0.5, 0.6) is 11.5 Å². The van der Waals surface area contributed by atoms with Crippen LogP contribution in [0.3, 0.4) is 0 Å². The van der Waals surface area contributed by atoms with Crippen LogP contribution in [0.1, 0.15) is 18.4 Å². The van der Waals surface area contributed by atoms with Gasteiger partial charge in [0.2, 0.25) is 11.8 Å². The number of phenols is 1. The minimum atomic E-state index is -1.87. The minimum absolute atomic E-state index is 0.0476. The Labute approximate surface area is 225 Å². The predicted octanol–water partition coefficient (Wildman–Crippen LogP) is 3.08. The largest absolute Gasteiger partial charge is 0.508 e. The first-order valence-electron chi connectivity index (χ1n) is 11.5. The zero-order valence-corrected chi connectivity index (χ0v) is 22.1. The summed E-state index contributed by atoms with van der Waals surface area (Å²) in [7, 11) is 1.46. The van der Waals surface area contributed by atoms with Gasteiger partial charge in [-0.3, -0.25) is 29.0 Å². The van der Waals surface area contributed by atoms with Crippen LogP contribution < -0.4 is 4.74 Å². The van der Waals surface area contributed by atoms with E-state index < -0.39 is 45.2 Å². The molecular weight excluding hydrogens is 575 g/mol. The number of imide groups is 2. The van der Waals surface area contributed by atoms with Crippen LogP contribution in [-0.2, 0) is 25.6 Å². The van der Waals surface area contributed by atoms with Gasteiger partial charge in [-0.25, -0.2) is 0 Å². The topological polar surface area (TPSA) is 104 Å². The molecule has 3 aliphatic heterocycles. The maximum absolute atomic E-state index is 13.7. The highest BCUT2D eigenvalue weighted by molar-refractivity contribution is 9.09. The van der Waals surface area contributed by atoms with E-state index in [1.807, 2.05) is 6.08 Å². The second kappa shape index (κ2) is 7.82. The van der Waals surface area contributed by atoms with E-state index in [-0.39, 0.29) is 35.9 Å². The third-order valence-electron chi connectivity index (χ3n) is 8.38. The molecule has 6 atom stereocenters. The Morgan fingerprint density at radius 2 is 1.89 bits per heavy atom. The zero-order chi connectivity index (χ0) is 25.7. The van der Waals surface area contributed by atoms with Crippen LogP contribution in [-0.4, -0.2) is 60.8 Å². The summed E-state index contributed by atoms with van der Waals surface area (Å²) in [6.07, 6.45) is 3.96. The van der Waals surface area contributed by atoms with Crippen LogP contribution in [0.4, 0.5) is 0 Å². The molecule has 36 heavy (non-hydrogen) atoms. The smallest absolute Gasteiger partial charge is 0.254 e. The van der Waals surface area contributed by atoms with Crippen LogP contribution in [0, 0.1) is 23.7 Å². The molecule has 2 aliphatic carbocycles. The molecule has 5 aliphatic rings. The van der Waals surface area contributed by atoms with Gasteiger partial charge in [-0.1, -0.05) is 27.6 Å². The van der Waals surface area contributed by atoms with E-state index in [4.69, 9.17) is 27.9 Å². The molecule has 3 fully saturated rings. The molecule has 8 nitrogen and oxygen atoms in total. The van der Waals surface area contributed by atoms with Gasteiger partial charge in [-0.05, 0) is 42.5 Å². The van der Waals surface area contributed by atoms with Gasteiger partial charge in [0.1, 0.15) is 11.5 Å². The van der Waals surface area contributed by atoms with E-state index in [2.05, 4.69) is 15.9 Å². The van der Waals surface area contributed by atoms with E-state index in [0.29, 0.717) is 23.3 Å². The first-order valence-corrected chi connectivity index (χ1v) is 13.4. The predicted molar refractivity (Wildman–Crippen MR) is 132 cm³/mol. The van der Waals surface area contributed by atoms with Crippen molar-refractivity contribution >= 4 is 62.8 Å². The first kappa shape index (κ1) is 24.0. The third kappa shape index (κ3) is 2.82. The lowest BCUT2D eigenvalue weighted by molar-refractivity contribution is -0.140. The van der Waals surface area contributed by atoms with Crippen molar-refractivity contribution in [2.24, 2.45) is 23.7 Å². The van der Waals surface area contributed by atoms with E-state index in [1.54, 1.807) is 12.1 Å². The summed E-state index contributed by atoms with van der Waals surface area (Å²) < 4.78 is 5.86. The number of rotatable bonds is 2. The number of hydrogen-bond donors (Lipinski definition) is 1. The maximum atomic E-state index is 13.7. The molecule has 188 valence electrons. The molecule has 1 N–H and O–H groups in total. The number of ether oxygens (including phenoxy) is 1. The summed E-state index contributed by atoms with van der Waals surface area (Å²) >= 11 is 17.5. The lowest BCUT2D eigenvalue weighted by atomic mass is 9.56. The molecular formula is C25H21BrCl2N2O6. The van der Waals surface area contributed by atoms with Gasteiger partial charge in [-0.15, -0.1) is 23.2 Å². The van der Waals surface area contributed by atoms with Crippen molar-refractivity contribution in [1.82, 2.24) is 9.80 Å². The number of fused-ring (bicyclic) bond motifs is 5. The average molecular weight is 596 g/mol. The summed E-state index contributed by atoms with van der Waals surface area (Å²) in [4.78, 5) is 51.7. The minimum Gasteiger partial charge on any atom is -0.508 e. The van der Waals surface area contributed by atoms with Crippen LogP contribution in [0.25, 0.3) is 0 Å². The van der Waals surface area contributed by atoms with Crippen LogP contribution in [0.15, 0.2) is 41.7 Å². The van der Waals surface area contributed by atoms with Gasteiger partial charge in [0.05, 0.1) is 23.6 Å². The molecule has 4 amide bonds. The van der Waals surface area contributed by atoms with Gasteiger partial charge in [0, 0.05) is 24.9 Å². The number of nitrogens with zero attached hydrogens (tertiary/aromatic N) is 2. The number of benzene rings is 1. The van der Waals surface area contributed by atoms with Crippen molar-refractivity contribution in [3.8, 4) is 11.5 Å². The fourth-order valence-electron chi connectivity index (χ4n) is 6.72. The number of carbonyl (C=O) groups is 4. The molecule has 0 radical (unpaired) electrons.